The molecule has 0 bridgehead atoms. The van der Waals surface area contributed by atoms with Crippen LogP contribution >= 0.6 is 11.3 Å². The first kappa shape index (κ1) is 12.7. The zero-order valence-electron chi connectivity index (χ0n) is 10.7. The summed E-state index contributed by atoms with van der Waals surface area (Å²) in [6.07, 6.45) is 3.78. The van der Waals surface area contributed by atoms with Gasteiger partial charge in [-0.05, 0) is 25.1 Å². The average Bonchev–Trinajstić information content (AvgIpc) is 2.99. The Morgan fingerprint density at radius 1 is 1.50 bits per heavy atom. The van der Waals surface area contributed by atoms with Gasteiger partial charge in [0.2, 0.25) is 0 Å². The SMILES string of the molecule is Cc1cc(OCc2cn3ccccc3n2)c(C(=O)O)s1. The maximum absolute atomic E-state index is 11.1. The predicted octanol–water partition coefficient (Wildman–Crippen LogP) is 2.98. The summed E-state index contributed by atoms with van der Waals surface area (Å²) in [5.74, 6) is -0.565. The molecule has 3 rings (SSSR count). The second-order valence-electron chi connectivity index (χ2n) is 4.34. The Morgan fingerprint density at radius 3 is 3.10 bits per heavy atom. The Hall–Kier alpha value is -2.34. The lowest BCUT2D eigenvalue weighted by Gasteiger charge is -2.02. The second kappa shape index (κ2) is 4.97. The number of hydrogen-bond acceptors (Lipinski definition) is 4. The molecule has 5 nitrogen and oxygen atoms in total. The second-order valence-corrected chi connectivity index (χ2v) is 5.60. The molecule has 0 spiro atoms. The molecule has 0 aliphatic rings. The van der Waals surface area contributed by atoms with Crippen LogP contribution in [-0.2, 0) is 6.61 Å². The van der Waals surface area contributed by atoms with E-state index in [1.165, 1.54) is 11.3 Å². The summed E-state index contributed by atoms with van der Waals surface area (Å²) in [6, 6.07) is 7.48. The number of ether oxygens (including phenoxy) is 1. The number of nitrogens with zero attached hydrogens (tertiary/aromatic N) is 2. The highest BCUT2D eigenvalue weighted by molar-refractivity contribution is 7.14. The molecular weight excluding hydrogens is 276 g/mol. The summed E-state index contributed by atoms with van der Waals surface area (Å²) in [4.78, 5) is 16.6. The van der Waals surface area contributed by atoms with Crippen molar-refractivity contribution in [3.63, 3.8) is 0 Å². The van der Waals surface area contributed by atoms with Gasteiger partial charge in [0, 0.05) is 17.3 Å². The first-order valence-corrected chi connectivity index (χ1v) is 6.84. The minimum atomic E-state index is -0.965. The Kier molecular flexibility index (Phi) is 3.15. The molecule has 0 atom stereocenters. The van der Waals surface area contributed by atoms with E-state index in [4.69, 9.17) is 9.84 Å². The Labute approximate surface area is 119 Å². The quantitative estimate of drug-likeness (QED) is 0.801. The third-order valence-corrected chi connectivity index (χ3v) is 3.82. The van der Waals surface area contributed by atoms with Crippen LogP contribution in [0.3, 0.4) is 0 Å². The molecule has 0 aliphatic heterocycles. The maximum atomic E-state index is 11.1. The molecule has 0 saturated heterocycles. The van der Waals surface area contributed by atoms with Gasteiger partial charge >= 0.3 is 5.97 Å². The molecule has 0 aliphatic carbocycles. The standard InChI is InChI=1S/C14H12N2O3S/c1-9-6-11(13(20-9)14(17)18)19-8-10-7-16-5-3-2-4-12(16)15-10/h2-7H,8H2,1H3,(H,17,18). The fourth-order valence-corrected chi connectivity index (χ4v) is 2.75. The van der Waals surface area contributed by atoms with Crippen LogP contribution in [0.25, 0.3) is 5.65 Å². The zero-order chi connectivity index (χ0) is 14.1. The van der Waals surface area contributed by atoms with Crippen molar-refractivity contribution in [3.8, 4) is 5.75 Å². The highest BCUT2D eigenvalue weighted by Gasteiger charge is 2.15. The molecule has 0 unspecified atom stereocenters. The number of rotatable bonds is 4. The van der Waals surface area contributed by atoms with Crippen LogP contribution in [0, 0.1) is 6.92 Å². The van der Waals surface area contributed by atoms with E-state index in [0.29, 0.717) is 5.75 Å². The predicted molar refractivity (Wildman–Crippen MR) is 75.5 cm³/mol. The third kappa shape index (κ3) is 2.37. The number of carbonyl (C=O) groups is 1. The van der Waals surface area contributed by atoms with Crippen molar-refractivity contribution in [1.29, 1.82) is 0 Å². The zero-order valence-corrected chi connectivity index (χ0v) is 11.6. The van der Waals surface area contributed by atoms with Gasteiger partial charge in [-0.25, -0.2) is 9.78 Å². The summed E-state index contributed by atoms with van der Waals surface area (Å²) in [5.41, 5.74) is 1.60. The molecule has 0 saturated carbocycles. The lowest BCUT2D eigenvalue weighted by atomic mass is 10.4. The number of imidazole rings is 1. The Morgan fingerprint density at radius 2 is 2.35 bits per heavy atom. The van der Waals surface area contributed by atoms with E-state index in [2.05, 4.69) is 4.98 Å². The highest BCUT2D eigenvalue weighted by Crippen LogP contribution is 2.29. The number of pyridine rings is 1. The van der Waals surface area contributed by atoms with Gasteiger partial charge in [0.25, 0.3) is 0 Å². The van der Waals surface area contributed by atoms with Crippen molar-refractivity contribution < 1.29 is 14.6 Å². The van der Waals surface area contributed by atoms with E-state index in [1.54, 1.807) is 6.07 Å². The number of thiophene rings is 1. The largest absolute Gasteiger partial charge is 0.485 e. The van der Waals surface area contributed by atoms with Gasteiger partial charge in [-0.15, -0.1) is 11.3 Å². The highest BCUT2D eigenvalue weighted by atomic mass is 32.1. The molecule has 0 amide bonds. The lowest BCUT2D eigenvalue weighted by molar-refractivity contribution is 0.0697. The number of aromatic nitrogens is 2. The summed E-state index contributed by atoms with van der Waals surface area (Å²) < 4.78 is 7.49. The van der Waals surface area contributed by atoms with Crippen molar-refractivity contribution in [2.75, 3.05) is 0 Å². The molecule has 0 aromatic carbocycles. The lowest BCUT2D eigenvalue weighted by Crippen LogP contribution is -2.00. The number of hydrogen-bond donors (Lipinski definition) is 1. The van der Waals surface area contributed by atoms with Gasteiger partial charge in [-0.1, -0.05) is 6.07 Å². The summed E-state index contributed by atoms with van der Waals surface area (Å²) in [6.45, 7) is 2.10. The molecular formula is C14H12N2O3S. The molecule has 6 heteroatoms. The van der Waals surface area contributed by atoms with Crippen LogP contribution in [0.4, 0.5) is 0 Å². The minimum absolute atomic E-state index is 0.228. The topological polar surface area (TPSA) is 63.8 Å². The molecule has 1 N–H and O–H groups in total. The third-order valence-electron chi connectivity index (χ3n) is 2.80. The van der Waals surface area contributed by atoms with Gasteiger partial charge in [0.15, 0.2) is 4.88 Å². The van der Waals surface area contributed by atoms with Crippen molar-refractivity contribution in [2.24, 2.45) is 0 Å². The molecule has 3 heterocycles. The number of carboxylic acids is 1. The summed E-state index contributed by atoms with van der Waals surface area (Å²) in [7, 11) is 0. The van der Waals surface area contributed by atoms with Gasteiger partial charge in [0.1, 0.15) is 18.0 Å². The van der Waals surface area contributed by atoms with Crippen molar-refractivity contribution in [1.82, 2.24) is 9.38 Å². The first-order chi connectivity index (χ1) is 9.63. The van der Waals surface area contributed by atoms with E-state index < -0.39 is 5.97 Å². The van der Waals surface area contributed by atoms with E-state index in [1.807, 2.05) is 41.9 Å². The van der Waals surface area contributed by atoms with E-state index >= 15 is 0 Å². The molecule has 0 fully saturated rings. The molecule has 3 aromatic rings. The average molecular weight is 288 g/mol. The van der Waals surface area contributed by atoms with Crippen LogP contribution < -0.4 is 4.74 Å². The van der Waals surface area contributed by atoms with Crippen LogP contribution in [0.5, 0.6) is 5.75 Å². The van der Waals surface area contributed by atoms with Crippen LogP contribution in [0.1, 0.15) is 20.2 Å². The van der Waals surface area contributed by atoms with E-state index in [9.17, 15) is 4.79 Å². The monoisotopic (exact) mass is 288 g/mol. The summed E-state index contributed by atoms with van der Waals surface area (Å²) in [5, 5.41) is 9.10. The molecule has 20 heavy (non-hydrogen) atoms. The van der Waals surface area contributed by atoms with Crippen molar-refractivity contribution in [3.05, 3.63) is 52.1 Å². The first-order valence-electron chi connectivity index (χ1n) is 6.02. The Bertz CT molecular complexity index is 743. The van der Waals surface area contributed by atoms with Crippen molar-refractivity contribution in [2.45, 2.75) is 13.5 Å². The van der Waals surface area contributed by atoms with E-state index in [-0.39, 0.29) is 11.5 Å². The minimum Gasteiger partial charge on any atom is -0.485 e. The molecule has 0 radical (unpaired) electrons. The van der Waals surface area contributed by atoms with Gasteiger partial charge in [0.05, 0.1) is 5.69 Å². The number of aryl methyl sites for hydroxylation is 1. The van der Waals surface area contributed by atoms with Crippen LogP contribution in [-0.4, -0.2) is 20.5 Å². The molecule has 3 aromatic heterocycles. The molecule has 102 valence electrons. The van der Waals surface area contributed by atoms with Gasteiger partial charge in [-0.3, -0.25) is 0 Å². The fraction of sp³-hybridized carbons (Fsp3) is 0.143. The summed E-state index contributed by atoms with van der Waals surface area (Å²) >= 11 is 1.21. The van der Waals surface area contributed by atoms with Crippen LogP contribution in [0.2, 0.25) is 0 Å². The normalized spacial score (nSPS) is 10.8. The Balaban J connectivity index is 1.81. The van der Waals surface area contributed by atoms with Gasteiger partial charge < -0.3 is 14.2 Å². The number of fused-ring (bicyclic) bond motifs is 1. The smallest absolute Gasteiger partial charge is 0.349 e. The van der Waals surface area contributed by atoms with Crippen molar-refractivity contribution >= 4 is 23.0 Å². The van der Waals surface area contributed by atoms with Gasteiger partial charge in [-0.2, -0.15) is 0 Å². The maximum Gasteiger partial charge on any atom is 0.349 e. The number of aromatic carboxylic acids is 1. The van der Waals surface area contributed by atoms with E-state index in [0.717, 1.165) is 16.2 Å². The number of carboxylic acid groups (broad SMARTS) is 1. The fourth-order valence-electron chi connectivity index (χ4n) is 1.96. The van der Waals surface area contributed by atoms with Crippen LogP contribution in [0.15, 0.2) is 36.7 Å².